The lowest BCUT2D eigenvalue weighted by atomic mass is 9.98. The molecule has 1 unspecified atom stereocenters. The van der Waals surface area contributed by atoms with Crippen molar-refractivity contribution in [2.24, 2.45) is 0 Å². The smallest absolute Gasteiger partial charge is 0.152 e. The van der Waals surface area contributed by atoms with Crippen molar-refractivity contribution in [3.63, 3.8) is 0 Å². The number of anilines is 1. The minimum absolute atomic E-state index is 0.0250. The number of hydrogen-bond donors (Lipinski definition) is 0. The lowest BCUT2D eigenvalue weighted by Crippen LogP contribution is -2.44. The topological polar surface area (TPSA) is 44.1 Å². The van der Waals surface area contributed by atoms with Crippen LogP contribution in [-0.2, 0) is 4.79 Å². The van der Waals surface area contributed by atoms with Gasteiger partial charge in [-0.1, -0.05) is 0 Å². The number of carbonyl (C=O) groups excluding carboxylic acids is 1. The van der Waals surface area contributed by atoms with Crippen LogP contribution < -0.4 is 4.90 Å². The summed E-state index contributed by atoms with van der Waals surface area (Å²) in [7, 11) is 0. The maximum atomic E-state index is 11.7. The van der Waals surface area contributed by atoms with Gasteiger partial charge in [0.1, 0.15) is 0 Å². The summed E-state index contributed by atoms with van der Waals surface area (Å²) in [6.07, 6.45) is 3.13. The van der Waals surface area contributed by atoms with Gasteiger partial charge in [-0.25, -0.2) is 0 Å². The van der Waals surface area contributed by atoms with Crippen LogP contribution in [0.3, 0.4) is 0 Å². The number of rotatable bonds is 2. The van der Waals surface area contributed by atoms with E-state index in [-0.39, 0.29) is 11.8 Å². The maximum absolute atomic E-state index is 11.7. The highest BCUT2D eigenvalue weighted by molar-refractivity contribution is 9.10. The Labute approximate surface area is 116 Å². The Bertz CT molecular complexity index is 507. The van der Waals surface area contributed by atoms with Crippen molar-refractivity contribution < 1.29 is 4.79 Å². The van der Waals surface area contributed by atoms with Gasteiger partial charge in [0.05, 0.1) is 23.4 Å². The molecule has 0 aromatic heterocycles. The van der Waals surface area contributed by atoms with Crippen LogP contribution >= 0.6 is 15.9 Å². The summed E-state index contributed by atoms with van der Waals surface area (Å²) in [6.45, 7) is 2.55. The molecular weight excluding hydrogens is 292 g/mol. The number of Topliss-reactive ketones (excluding diaryl/α,β-unsaturated/α-hetero) is 1. The molecule has 2 rings (SSSR count). The largest absolute Gasteiger partial charge is 0.361 e. The number of benzene rings is 1. The van der Waals surface area contributed by atoms with Gasteiger partial charge in [0, 0.05) is 11.0 Å². The Kier molecular flexibility index (Phi) is 4.03. The zero-order valence-corrected chi connectivity index (χ0v) is 11.9. The second-order valence-electron chi connectivity index (χ2n) is 4.59. The van der Waals surface area contributed by atoms with E-state index in [0.717, 1.165) is 36.0 Å². The van der Waals surface area contributed by atoms with E-state index in [1.165, 1.54) is 0 Å². The number of hydrogen-bond acceptors (Lipinski definition) is 3. The number of piperidine rings is 1. The van der Waals surface area contributed by atoms with Crippen LogP contribution in [0.5, 0.6) is 0 Å². The van der Waals surface area contributed by atoms with Gasteiger partial charge in [0.15, 0.2) is 5.78 Å². The van der Waals surface area contributed by atoms with E-state index in [2.05, 4.69) is 26.9 Å². The van der Waals surface area contributed by atoms with E-state index in [1.807, 2.05) is 6.07 Å². The molecule has 1 aromatic rings. The summed E-state index contributed by atoms with van der Waals surface area (Å²) < 4.78 is 0.884. The van der Waals surface area contributed by atoms with Crippen LogP contribution in [-0.4, -0.2) is 18.4 Å². The average Bonchev–Trinajstić information content (AvgIpc) is 2.38. The predicted molar refractivity (Wildman–Crippen MR) is 74.5 cm³/mol. The summed E-state index contributed by atoms with van der Waals surface area (Å²) >= 11 is 3.50. The van der Waals surface area contributed by atoms with Crippen LogP contribution in [0.15, 0.2) is 22.7 Å². The van der Waals surface area contributed by atoms with E-state index in [1.54, 1.807) is 19.1 Å². The van der Waals surface area contributed by atoms with E-state index < -0.39 is 0 Å². The molecule has 3 nitrogen and oxygen atoms in total. The second kappa shape index (κ2) is 5.53. The second-order valence-corrected chi connectivity index (χ2v) is 5.45. The maximum Gasteiger partial charge on any atom is 0.152 e. The minimum Gasteiger partial charge on any atom is -0.361 e. The third kappa shape index (κ3) is 2.56. The zero-order chi connectivity index (χ0) is 13.1. The molecule has 0 amide bonds. The van der Waals surface area contributed by atoms with Gasteiger partial charge in [-0.2, -0.15) is 5.26 Å². The molecule has 1 aliphatic heterocycles. The molecule has 0 spiro atoms. The van der Waals surface area contributed by atoms with Gasteiger partial charge >= 0.3 is 0 Å². The number of halogens is 1. The van der Waals surface area contributed by atoms with Crippen molar-refractivity contribution in [2.45, 2.75) is 32.2 Å². The van der Waals surface area contributed by atoms with Crippen LogP contribution in [0.25, 0.3) is 0 Å². The summed E-state index contributed by atoms with van der Waals surface area (Å²) in [5.74, 6) is 0.214. The molecule has 1 saturated heterocycles. The van der Waals surface area contributed by atoms with E-state index in [4.69, 9.17) is 5.26 Å². The van der Waals surface area contributed by atoms with Gasteiger partial charge in [-0.05, 0) is 60.3 Å². The normalized spacial score (nSPS) is 19.4. The molecule has 1 fully saturated rings. The van der Waals surface area contributed by atoms with Gasteiger partial charge in [0.25, 0.3) is 0 Å². The lowest BCUT2D eigenvalue weighted by Gasteiger charge is -2.36. The fourth-order valence-electron chi connectivity index (χ4n) is 2.45. The average molecular weight is 307 g/mol. The molecule has 1 aliphatic rings. The van der Waals surface area contributed by atoms with Crippen molar-refractivity contribution in [3.05, 3.63) is 28.2 Å². The molecule has 94 valence electrons. The van der Waals surface area contributed by atoms with E-state index in [0.29, 0.717) is 5.56 Å². The lowest BCUT2D eigenvalue weighted by molar-refractivity contribution is -0.118. The van der Waals surface area contributed by atoms with Crippen LogP contribution in [0.4, 0.5) is 5.69 Å². The Morgan fingerprint density at radius 1 is 1.50 bits per heavy atom. The van der Waals surface area contributed by atoms with E-state index >= 15 is 0 Å². The van der Waals surface area contributed by atoms with Gasteiger partial charge in [-0.15, -0.1) is 0 Å². The van der Waals surface area contributed by atoms with Crippen molar-refractivity contribution in [3.8, 4) is 6.07 Å². The van der Waals surface area contributed by atoms with Gasteiger partial charge in [0.2, 0.25) is 0 Å². The molecular formula is C14H15BrN2O. The Balaban J connectivity index is 2.34. The minimum atomic E-state index is -0.0250. The van der Waals surface area contributed by atoms with Crippen molar-refractivity contribution in [2.75, 3.05) is 11.4 Å². The third-order valence-corrected chi connectivity index (χ3v) is 3.99. The van der Waals surface area contributed by atoms with Crippen molar-refractivity contribution >= 4 is 27.4 Å². The molecule has 0 aliphatic carbocycles. The van der Waals surface area contributed by atoms with Crippen LogP contribution in [0.2, 0.25) is 0 Å². The zero-order valence-electron chi connectivity index (χ0n) is 10.3. The fourth-order valence-corrected chi connectivity index (χ4v) is 3.06. The molecule has 1 aromatic carbocycles. The third-order valence-electron chi connectivity index (χ3n) is 3.36. The highest BCUT2D eigenvalue weighted by atomic mass is 79.9. The standard InChI is InChI=1S/C14H15BrN2O/c1-10(18)13-4-2-3-7-17(13)14-6-5-11(9-16)8-12(14)15/h5-6,8,13H,2-4,7H2,1H3. The monoisotopic (exact) mass is 306 g/mol. The number of carbonyl (C=O) groups is 1. The summed E-state index contributed by atoms with van der Waals surface area (Å²) in [5.41, 5.74) is 1.64. The first-order valence-electron chi connectivity index (χ1n) is 6.10. The summed E-state index contributed by atoms with van der Waals surface area (Å²) in [4.78, 5) is 13.9. The number of nitrogens with zero attached hydrogens (tertiary/aromatic N) is 2. The quantitative estimate of drug-likeness (QED) is 0.842. The molecule has 0 radical (unpaired) electrons. The Morgan fingerprint density at radius 2 is 2.28 bits per heavy atom. The molecule has 4 heteroatoms. The van der Waals surface area contributed by atoms with Crippen molar-refractivity contribution in [1.29, 1.82) is 5.26 Å². The van der Waals surface area contributed by atoms with E-state index in [9.17, 15) is 4.79 Å². The van der Waals surface area contributed by atoms with Crippen LogP contribution in [0.1, 0.15) is 31.7 Å². The summed E-state index contributed by atoms with van der Waals surface area (Å²) in [5, 5.41) is 8.86. The fraction of sp³-hybridized carbons (Fsp3) is 0.429. The predicted octanol–water partition coefficient (Wildman–Crippen LogP) is 3.27. The molecule has 0 bridgehead atoms. The van der Waals surface area contributed by atoms with Gasteiger partial charge in [-0.3, -0.25) is 4.79 Å². The molecule has 1 heterocycles. The van der Waals surface area contributed by atoms with Crippen molar-refractivity contribution in [1.82, 2.24) is 0 Å². The highest BCUT2D eigenvalue weighted by Gasteiger charge is 2.27. The molecule has 18 heavy (non-hydrogen) atoms. The first-order valence-corrected chi connectivity index (χ1v) is 6.89. The molecule has 0 saturated carbocycles. The molecule has 1 atom stereocenters. The highest BCUT2D eigenvalue weighted by Crippen LogP contribution is 2.32. The molecule has 0 N–H and O–H groups in total. The SMILES string of the molecule is CC(=O)C1CCCCN1c1ccc(C#N)cc1Br. The van der Waals surface area contributed by atoms with Crippen LogP contribution in [0, 0.1) is 11.3 Å². The number of nitriles is 1. The Hall–Kier alpha value is -1.34. The first-order chi connectivity index (χ1) is 8.63. The number of ketones is 1. The van der Waals surface area contributed by atoms with Gasteiger partial charge < -0.3 is 4.90 Å². The first kappa shape index (κ1) is 13.1. The Morgan fingerprint density at radius 3 is 2.89 bits per heavy atom. The summed E-state index contributed by atoms with van der Waals surface area (Å²) in [6, 6.07) is 7.62.